The molecule has 0 atom stereocenters. The molecule has 0 fully saturated rings. The van der Waals surface area contributed by atoms with Crippen molar-refractivity contribution in [2.75, 3.05) is 12.4 Å². The van der Waals surface area contributed by atoms with Gasteiger partial charge >= 0.3 is 0 Å². The van der Waals surface area contributed by atoms with Gasteiger partial charge < -0.3 is 20.2 Å². The van der Waals surface area contributed by atoms with Gasteiger partial charge in [-0.2, -0.15) is 0 Å². The van der Waals surface area contributed by atoms with Crippen molar-refractivity contribution in [1.82, 2.24) is 0 Å². The van der Waals surface area contributed by atoms with Gasteiger partial charge in [0.2, 0.25) is 0 Å². The Bertz CT molecular complexity index is 641. The molecule has 0 unspecified atom stereocenters. The highest BCUT2D eigenvalue weighted by Gasteiger charge is 2.14. The van der Waals surface area contributed by atoms with Crippen LogP contribution in [0.3, 0.4) is 0 Å². The fraction of sp³-hybridized carbons (Fsp3) is 0.154. The predicted molar refractivity (Wildman–Crippen MR) is 82.9 cm³/mol. The Morgan fingerprint density at radius 1 is 1.35 bits per heavy atom. The molecule has 0 aliphatic rings. The van der Waals surface area contributed by atoms with E-state index in [0.29, 0.717) is 17.2 Å². The van der Waals surface area contributed by atoms with Gasteiger partial charge in [-0.3, -0.25) is 4.79 Å². The van der Waals surface area contributed by atoms with E-state index in [0.717, 1.165) is 8.95 Å². The summed E-state index contributed by atoms with van der Waals surface area (Å²) in [4.78, 5) is 12.1. The zero-order valence-corrected chi connectivity index (χ0v) is 13.7. The number of benzene rings is 1. The third-order valence-electron chi connectivity index (χ3n) is 2.58. The maximum absolute atomic E-state index is 12.1. The van der Waals surface area contributed by atoms with Crippen molar-refractivity contribution in [3.63, 3.8) is 0 Å². The summed E-state index contributed by atoms with van der Waals surface area (Å²) in [7, 11) is 1.56. The highest BCUT2D eigenvalue weighted by molar-refractivity contribution is 9.11. The number of ether oxygens (including phenoxy) is 1. The third-order valence-corrected chi connectivity index (χ3v) is 3.85. The Morgan fingerprint density at radius 3 is 2.70 bits per heavy atom. The second-order valence-corrected chi connectivity index (χ2v) is 5.60. The third kappa shape index (κ3) is 3.23. The molecule has 0 aliphatic carbocycles. The standard InChI is InChI=1S/C13H12Br2N2O3/c1-19-12-5-10(8(14)4-9(12)15)17-13(18)11-3-2-7(6-16)20-11/h2-5H,6,16H2,1H3,(H,17,18). The van der Waals surface area contributed by atoms with E-state index in [9.17, 15) is 4.79 Å². The number of halogens is 2. The maximum Gasteiger partial charge on any atom is 0.291 e. The lowest BCUT2D eigenvalue weighted by Gasteiger charge is -2.10. The van der Waals surface area contributed by atoms with Crippen LogP contribution in [-0.2, 0) is 6.54 Å². The number of hydrogen-bond acceptors (Lipinski definition) is 4. The molecule has 20 heavy (non-hydrogen) atoms. The summed E-state index contributed by atoms with van der Waals surface area (Å²) in [6.45, 7) is 0.253. The minimum Gasteiger partial charge on any atom is -0.495 e. The van der Waals surface area contributed by atoms with E-state index in [1.807, 2.05) is 0 Å². The van der Waals surface area contributed by atoms with Gasteiger partial charge in [0.05, 0.1) is 23.8 Å². The first-order valence-corrected chi connectivity index (χ1v) is 7.27. The lowest BCUT2D eigenvalue weighted by atomic mass is 10.3. The number of carbonyl (C=O) groups is 1. The molecule has 1 aromatic carbocycles. The number of furan rings is 1. The minimum atomic E-state index is -0.352. The van der Waals surface area contributed by atoms with Gasteiger partial charge in [-0.25, -0.2) is 0 Å². The Labute approximate surface area is 132 Å². The number of methoxy groups -OCH3 is 1. The summed E-state index contributed by atoms with van der Waals surface area (Å²) in [6.07, 6.45) is 0. The molecule has 0 spiro atoms. The van der Waals surface area contributed by atoms with Crippen molar-refractivity contribution in [2.24, 2.45) is 5.73 Å². The first kappa shape index (κ1) is 15.1. The molecule has 3 N–H and O–H groups in total. The number of rotatable bonds is 4. The van der Waals surface area contributed by atoms with Crippen LogP contribution in [0.5, 0.6) is 5.75 Å². The smallest absolute Gasteiger partial charge is 0.291 e. The molecule has 0 saturated carbocycles. The van der Waals surface area contributed by atoms with Crippen molar-refractivity contribution >= 4 is 43.5 Å². The van der Waals surface area contributed by atoms with Crippen LogP contribution >= 0.6 is 31.9 Å². The summed E-state index contributed by atoms with van der Waals surface area (Å²) >= 11 is 6.74. The Kier molecular flexibility index (Phi) is 4.85. The summed E-state index contributed by atoms with van der Waals surface area (Å²) in [6, 6.07) is 6.76. The lowest BCUT2D eigenvalue weighted by Crippen LogP contribution is -2.11. The Balaban J connectivity index is 2.23. The fourth-order valence-corrected chi connectivity index (χ4v) is 2.83. The second-order valence-electron chi connectivity index (χ2n) is 3.89. The second kappa shape index (κ2) is 6.43. The van der Waals surface area contributed by atoms with Crippen molar-refractivity contribution in [3.8, 4) is 5.75 Å². The highest BCUT2D eigenvalue weighted by Crippen LogP contribution is 2.34. The SMILES string of the molecule is COc1cc(NC(=O)c2ccc(CN)o2)c(Br)cc1Br. The van der Waals surface area contributed by atoms with Crippen LogP contribution in [0, 0.1) is 0 Å². The summed E-state index contributed by atoms with van der Waals surface area (Å²) in [5, 5.41) is 2.74. The molecule has 2 rings (SSSR count). The van der Waals surface area contributed by atoms with E-state index >= 15 is 0 Å². The molecule has 2 aromatic rings. The summed E-state index contributed by atoms with van der Waals surface area (Å²) in [5.74, 6) is 1.03. The van der Waals surface area contributed by atoms with Crippen LogP contribution in [0.25, 0.3) is 0 Å². The molecule has 7 heteroatoms. The summed E-state index contributed by atoms with van der Waals surface area (Å²) in [5.41, 5.74) is 6.02. The lowest BCUT2D eigenvalue weighted by molar-refractivity contribution is 0.0995. The molecular formula is C13H12Br2N2O3. The van der Waals surface area contributed by atoms with Crippen LogP contribution in [0.2, 0.25) is 0 Å². The molecule has 0 bridgehead atoms. The number of nitrogens with one attached hydrogen (secondary N) is 1. The van der Waals surface area contributed by atoms with Gasteiger partial charge in [0.1, 0.15) is 11.5 Å². The van der Waals surface area contributed by atoms with Crippen molar-refractivity contribution < 1.29 is 13.9 Å². The van der Waals surface area contributed by atoms with Gasteiger partial charge in [0.15, 0.2) is 5.76 Å². The number of amides is 1. The molecule has 0 saturated heterocycles. The monoisotopic (exact) mass is 402 g/mol. The van der Waals surface area contributed by atoms with Crippen molar-refractivity contribution in [3.05, 3.63) is 44.7 Å². The van der Waals surface area contributed by atoms with E-state index in [1.165, 1.54) is 0 Å². The zero-order chi connectivity index (χ0) is 14.7. The van der Waals surface area contributed by atoms with Gasteiger partial charge in [0.25, 0.3) is 5.91 Å². The summed E-state index contributed by atoms with van der Waals surface area (Å²) < 4.78 is 12.0. The number of nitrogens with two attached hydrogens (primary N) is 1. The Morgan fingerprint density at radius 2 is 2.10 bits per heavy atom. The number of anilines is 1. The van der Waals surface area contributed by atoms with Crippen LogP contribution < -0.4 is 15.8 Å². The van der Waals surface area contributed by atoms with Crippen molar-refractivity contribution in [1.29, 1.82) is 0 Å². The van der Waals surface area contributed by atoms with Gasteiger partial charge in [-0.1, -0.05) is 0 Å². The van der Waals surface area contributed by atoms with E-state index in [4.69, 9.17) is 14.9 Å². The molecular weight excluding hydrogens is 392 g/mol. The van der Waals surface area contributed by atoms with Crippen LogP contribution in [0.4, 0.5) is 5.69 Å². The topological polar surface area (TPSA) is 77.5 Å². The van der Waals surface area contributed by atoms with Crippen LogP contribution in [0.1, 0.15) is 16.3 Å². The van der Waals surface area contributed by atoms with E-state index < -0.39 is 0 Å². The van der Waals surface area contributed by atoms with Crippen LogP contribution in [0.15, 0.2) is 37.6 Å². The van der Waals surface area contributed by atoms with Crippen LogP contribution in [-0.4, -0.2) is 13.0 Å². The van der Waals surface area contributed by atoms with E-state index in [1.54, 1.807) is 31.4 Å². The average molecular weight is 404 g/mol. The van der Waals surface area contributed by atoms with Gasteiger partial charge in [-0.05, 0) is 50.1 Å². The molecule has 5 nitrogen and oxygen atoms in total. The average Bonchev–Trinajstić information content (AvgIpc) is 2.90. The zero-order valence-electron chi connectivity index (χ0n) is 10.6. The molecule has 1 amide bonds. The quantitative estimate of drug-likeness (QED) is 0.818. The van der Waals surface area contributed by atoms with Gasteiger partial charge in [-0.15, -0.1) is 0 Å². The molecule has 0 aliphatic heterocycles. The number of hydrogen-bond donors (Lipinski definition) is 2. The Hall–Kier alpha value is -1.31. The van der Waals surface area contributed by atoms with E-state index in [-0.39, 0.29) is 18.2 Å². The molecule has 1 heterocycles. The minimum absolute atomic E-state index is 0.208. The molecule has 1 aromatic heterocycles. The highest BCUT2D eigenvalue weighted by atomic mass is 79.9. The predicted octanol–water partition coefficient (Wildman–Crippen LogP) is 3.52. The van der Waals surface area contributed by atoms with Crippen molar-refractivity contribution in [2.45, 2.75) is 6.54 Å². The number of carbonyl (C=O) groups excluding carboxylic acids is 1. The normalized spacial score (nSPS) is 10.4. The maximum atomic E-state index is 12.1. The van der Waals surface area contributed by atoms with E-state index in [2.05, 4.69) is 37.2 Å². The molecule has 0 radical (unpaired) electrons. The first-order valence-electron chi connectivity index (χ1n) is 5.68. The van der Waals surface area contributed by atoms with Gasteiger partial charge in [0, 0.05) is 10.5 Å². The molecule has 106 valence electrons. The largest absolute Gasteiger partial charge is 0.495 e. The first-order chi connectivity index (χ1) is 9.55. The fourth-order valence-electron chi connectivity index (χ4n) is 1.57.